The van der Waals surface area contributed by atoms with Gasteiger partial charge in [-0.2, -0.15) is 0 Å². The molecule has 2 aromatic rings. The predicted molar refractivity (Wildman–Crippen MR) is 112 cm³/mol. The van der Waals surface area contributed by atoms with E-state index in [1.807, 2.05) is 42.5 Å². The Morgan fingerprint density at radius 2 is 1.86 bits per heavy atom. The van der Waals surface area contributed by atoms with Crippen LogP contribution in [0.4, 0.5) is 10.5 Å². The molecule has 0 aromatic heterocycles. The van der Waals surface area contributed by atoms with E-state index in [0.717, 1.165) is 23.3 Å². The van der Waals surface area contributed by atoms with E-state index < -0.39 is 6.09 Å². The molecule has 4 heteroatoms. The van der Waals surface area contributed by atoms with Crippen LogP contribution in [0.25, 0.3) is 0 Å². The van der Waals surface area contributed by atoms with Crippen molar-refractivity contribution in [2.24, 2.45) is 0 Å². The van der Waals surface area contributed by atoms with Crippen LogP contribution in [0.15, 0.2) is 54.6 Å². The van der Waals surface area contributed by atoms with Gasteiger partial charge in [-0.15, -0.1) is 0 Å². The van der Waals surface area contributed by atoms with Crippen molar-refractivity contribution in [3.05, 3.63) is 65.7 Å². The fraction of sp³-hybridized carbons (Fsp3) is 0.458. The first-order chi connectivity index (χ1) is 13.7. The van der Waals surface area contributed by atoms with Gasteiger partial charge in [-0.25, -0.2) is 4.79 Å². The van der Waals surface area contributed by atoms with Crippen LogP contribution in [0.5, 0.6) is 0 Å². The number of ether oxygens (including phenoxy) is 1. The summed E-state index contributed by atoms with van der Waals surface area (Å²) in [5.41, 5.74) is 3.15. The third-order valence-electron chi connectivity index (χ3n) is 6.32. The molecule has 0 radical (unpaired) electrons. The Balaban J connectivity index is 1.27. The van der Waals surface area contributed by atoms with Crippen LogP contribution in [0.3, 0.4) is 0 Å². The minimum Gasteiger partial charge on any atom is -0.444 e. The zero-order chi connectivity index (χ0) is 19.3. The van der Waals surface area contributed by atoms with Gasteiger partial charge in [0, 0.05) is 17.8 Å². The summed E-state index contributed by atoms with van der Waals surface area (Å²) in [5.74, 6) is 0.636. The van der Waals surface area contributed by atoms with Crippen molar-refractivity contribution in [2.75, 3.05) is 11.9 Å². The Labute approximate surface area is 167 Å². The lowest BCUT2D eigenvalue weighted by Gasteiger charge is -2.28. The minimum absolute atomic E-state index is 0.281. The van der Waals surface area contributed by atoms with Crippen LogP contribution in [-0.4, -0.2) is 29.6 Å². The maximum Gasteiger partial charge on any atom is 0.411 e. The van der Waals surface area contributed by atoms with Gasteiger partial charge in [0.15, 0.2) is 0 Å². The van der Waals surface area contributed by atoms with Crippen LogP contribution in [0, 0.1) is 0 Å². The molecule has 28 heavy (non-hydrogen) atoms. The second kappa shape index (κ2) is 8.78. The summed E-state index contributed by atoms with van der Waals surface area (Å²) in [6, 6.07) is 19.5. The number of hydrogen-bond acceptors (Lipinski definition) is 3. The van der Waals surface area contributed by atoms with Crippen molar-refractivity contribution in [3.8, 4) is 0 Å². The molecule has 2 aliphatic rings. The molecule has 1 aliphatic heterocycles. The first kappa shape index (κ1) is 19.0. The fourth-order valence-electron chi connectivity index (χ4n) is 4.78. The number of anilines is 1. The molecule has 1 amide bonds. The van der Waals surface area contributed by atoms with Crippen LogP contribution in [0.1, 0.15) is 56.1 Å². The highest BCUT2D eigenvalue weighted by atomic mass is 16.5. The molecule has 148 valence electrons. The average Bonchev–Trinajstić information content (AvgIpc) is 3.37. The van der Waals surface area contributed by atoms with Crippen molar-refractivity contribution in [1.82, 2.24) is 4.90 Å². The molecule has 2 unspecified atom stereocenters. The third-order valence-corrected chi connectivity index (χ3v) is 6.32. The Kier molecular flexibility index (Phi) is 5.96. The zero-order valence-electron chi connectivity index (χ0n) is 16.6. The lowest BCUT2D eigenvalue weighted by molar-refractivity contribution is 0.155. The second-order valence-corrected chi connectivity index (χ2v) is 8.20. The normalized spacial score (nSPS) is 25.0. The summed E-state index contributed by atoms with van der Waals surface area (Å²) in [5, 5.41) is 2.82. The van der Waals surface area contributed by atoms with Crippen molar-refractivity contribution in [3.63, 3.8) is 0 Å². The van der Waals surface area contributed by atoms with Gasteiger partial charge in [-0.3, -0.25) is 10.2 Å². The highest BCUT2D eigenvalue weighted by Crippen LogP contribution is 2.39. The predicted octanol–water partition coefficient (Wildman–Crippen LogP) is 5.56. The SMILES string of the molecule is C[C@H]1CCCN1C1CCC(c2ccc(NC(=O)OCc3ccccc3)cc2)C1. The summed E-state index contributed by atoms with van der Waals surface area (Å²) in [6.45, 7) is 3.92. The smallest absolute Gasteiger partial charge is 0.411 e. The van der Waals surface area contributed by atoms with E-state index in [1.165, 1.54) is 44.2 Å². The Bertz CT molecular complexity index is 775. The van der Waals surface area contributed by atoms with E-state index in [2.05, 4.69) is 29.3 Å². The molecule has 1 heterocycles. The number of benzene rings is 2. The number of hydrogen-bond donors (Lipinski definition) is 1. The Morgan fingerprint density at radius 1 is 1.07 bits per heavy atom. The summed E-state index contributed by atoms with van der Waals surface area (Å²) in [4.78, 5) is 14.7. The number of carbonyl (C=O) groups is 1. The van der Waals surface area contributed by atoms with Gasteiger partial charge >= 0.3 is 6.09 Å². The maximum atomic E-state index is 12.0. The number of carbonyl (C=O) groups excluding carboxylic acids is 1. The Hall–Kier alpha value is -2.33. The Morgan fingerprint density at radius 3 is 2.57 bits per heavy atom. The average molecular weight is 379 g/mol. The molecular weight excluding hydrogens is 348 g/mol. The van der Waals surface area contributed by atoms with Crippen LogP contribution < -0.4 is 5.32 Å². The molecule has 3 atom stereocenters. The zero-order valence-corrected chi connectivity index (χ0v) is 16.6. The van der Waals surface area contributed by atoms with Gasteiger partial charge in [0.2, 0.25) is 0 Å². The van der Waals surface area contributed by atoms with Crippen LogP contribution in [-0.2, 0) is 11.3 Å². The molecule has 1 saturated heterocycles. The maximum absolute atomic E-state index is 12.0. The van der Waals surface area contributed by atoms with Gasteiger partial charge < -0.3 is 4.74 Å². The van der Waals surface area contributed by atoms with Gasteiger partial charge in [0.1, 0.15) is 6.61 Å². The van der Waals surface area contributed by atoms with E-state index in [9.17, 15) is 4.79 Å². The highest BCUT2D eigenvalue weighted by Gasteiger charge is 2.34. The largest absolute Gasteiger partial charge is 0.444 e. The summed E-state index contributed by atoms with van der Waals surface area (Å²) >= 11 is 0. The quantitative estimate of drug-likeness (QED) is 0.741. The summed E-state index contributed by atoms with van der Waals surface area (Å²) < 4.78 is 5.29. The summed E-state index contributed by atoms with van der Waals surface area (Å²) in [7, 11) is 0. The van der Waals surface area contributed by atoms with Gasteiger partial charge in [-0.1, -0.05) is 42.5 Å². The van der Waals surface area contributed by atoms with Crippen LogP contribution in [0.2, 0.25) is 0 Å². The topological polar surface area (TPSA) is 41.6 Å². The fourth-order valence-corrected chi connectivity index (χ4v) is 4.78. The molecule has 1 N–H and O–H groups in total. The monoisotopic (exact) mass is 378 g/mol. The number of nitrogens with one attached hydrogen (secondary N) is 1. The number of nitrogens with zero attached hydrogens (tertiary/aromatic N) is 1. The van der Waals surface area contributed by atoms with Crippen molar-refractivity contribution in [1.29, 1.82) is 0 Å². The standard InChI is InChI=1S/C24H30N2O2/c1-18-6-5-15-26(18)23-14-11-21(16-23)20-9-12-22(13-10-20)25-24(27)28-17-19-7-3-2-4-8-19/h2-4,7-10,12-13,18,21,23H,5-6,11,14-17H2,1H3,(H,25,27)/t18-,21?,23?/m0/s1. The van der Waals surface area contributed by atoms with Gasteiger partial charge in [0.25, 0.3) is 0 Å². The van der Waals surface area contributed by atoms with Crippen molar-refractivity contribution >= 4 is 11.8 Å². The van der Waals surface area contributed by atoms with Crippen LogP contribution >= 0.6 is 0 Å². The van der Waals surface area contributed by atoms with E-state index in [-0.39, 0.29) is 6.61 Å². The highest BCUT2D eigenvalue weighted by molar-refractivity contribution is 5.84. The summed E-state index contributed by atoms with van der Waals surface area (Å²) in [6.07, 6.45) is 6.11. The van der Waals surface area contributed by atoms with E-state index in [0.29, 0.717) is 5.92 Å². The molecule has 2 aromatic carbocycles. The number of likely N-dealkylation sites (tertiary alicyclic amines) is 1. The minimum atomic E-state index is -0.416. The molecule has 2 fully saturated rings. The molecular formula is C24H30N2O2. The van der Waals surface area contributed by atoms with Crippen molar-refractivity contribution < 1.29 is 9.53 Å². The lowest BCUT2D eigenvalue weighted by atomic mass is 9.97. The molecule has 0 spiro atoms. The molecule has 4 nitrogen and oxygen atoms in total. The number of rotatable bonds is 5. The first-order valence-electron chi connectivity index (χ1n) is 10.5. The third kappa shape index (κ3) is 4.56. The van der Waals surface area contributed by atoms with E-state index in [4.69, 9.17) is 4.74 Å². The molecule has 0 bridgehead atoms. The molecule has 1 aliphatic carbocycles. The first-order valence-corrected chi connectivity index (χ1v) is 10.5. The molecule has 4 rings (SSSR count). The molecule has 1 saturated carbocycles. The lowest BCUT2D eigenvalue weighted by Crippen LogP contribution is -2.35. The second-order valence-electron chi connectivity index (χ2n) is 8.20. The number of amides is 1. The van der Waals surface area contributed by atoms with E-state index in [1.54, 1.807) is 0 Å². The van der Waals surface area contributed by atoms with Crippen molar-refractivity contribution in [2.45, 2.75) is 63.6 Å². The van der Waals surface area contributed by atoms with E-state index >= 15 is 0 Å². The van der Waals surface area contributed by atoms with Gasteiger partial charge in [-0.05, 0) is 74.8 Å². The van der Waals surface area contributed by atoms with Gasteiger partial charge in [0.05, 0.1) is 0 Å².